The second-order valence-corrected chi connectivity index (χ2v) is 5.18. The number of H-pyrrole nitrogens is 1. The zero-order valence-electron chi connectivity index (χ0n) is 10.6. The number of nitrogens with one attached hydrogen (secondary N) is 2. The van der Waals surface area contributed by atoms with Crippen LogP contribution < -0.4 is 5.32 Å². The van der Waals surface area contributed by atoms with Gasteiger partial charge in [0.2, 0.25) is 0 Å². The number of urea groups is 1. The molecule has 1 aromatic heterocycles. The van der Waals surface area contributed by atoms with Gasteiger partial charge in [0.05, 0.1) is 0 Å². The predicted octanol–water partition coefficient (Wildman–Crippen LogP) is 1.00. The Labute approximate surface area is 107 Å². The molecule has 0 aromatic carbocycles. The summed E-state index contributed by atoms with van der Waals surface area (Å²) in [5.41, 5.74) is 1.32. The molecule has 3 heterocycles. The SMILES string of the molecule is O=C1NCCN1C1CCCN(Cc2cc[nH]c2)C1. The number of nitrogens with zero attached hydrogens (tertiary/aromatic N) is 2. The van der Waals surface area contributed by atoms with E-state index in [0.29, 0.717) is 6.04 Å². The molecule has 18 heavy (non-hydrogen) atoms. The van der Waals surface area contributed by atoms with Crippen molar-refractivity contribution in [3.05, 3.63) is 24.0 Å². The highest BCUT2D eigenvalue weighted by Crippen LogP contribution is 2.19. The van der Waals surface area contributed by atoms with Gasteiger partial charge in [0, 0.05) is 44.6 Å². The lowest BCUT2D eigenvalue weighted by molar-refractivity contribution is 0.122. The number of aromatic amines is 1. The molecule has 1 aromatic rings. The molecule has 0 spiro atoms. The summed E-state index contributed by atoms with van der Waals surface area (Å²) in [6.07, 6.45) is 6.33. The monoisotopic (exact) mass is 248 g/mol. The van der Waals surface area contributed by atoms with E-state index in [4.69, 9.17) is 0 Å². The minimum atomic E-state index is 0.114. The Balaban J connectivity index is 1.59. The number of hydrogen-bond donors (Lipinski definition) is 2. The second kappa shape index (κ2) is 5.02. The molecule has 0 aliphatic carbocycles. The lowest BCUT2D eigenvalue weighted by atomic mass is 10.0. The smallest absolute Gasteiger partial charge is 0.317 e. The van der Waals surface area contributed by atoms with Gasteiger partial charge in [0.25, 0.3) is 0 Å². The van der Waals surface area contributed by atoms with Crippen molar-refractivity contribution in [1.29, 1.82) is 0 Å². The number of hydrogen-bond acceptors (Lipinski definition) is 2. The van der Waals surface area contributed by atoms with Crippen molar-refractivity contribution < 1.29 is 4.79 Å². The highest BCUT2D eigenvalue weighted by atomic mass is 16.2. The van der Waals surface area contributed by atoms with Gasteiger partial charge in [-0.2, -0.15) is 0 Å². The number of rotatable bonds is 3. The Bertz CT molecular complexity index is 403. The normalized spacial score (nSPS) is 25.4. The van der Waals surface area contributed by atoms with Crippen molar-refractivity contribution in [2.45, 2.75) is 25.4 Å². The fraction of sp³-hybridized carbons (Fsp3) is 0.615. The lowest BCUT2D eigenvalue weighted by Crippen LogP contribution is -2.48. The molecule has 5 nitrogen and oxygen atoms in total. The molecule has 2 saturated heterocycles. The van der Waals surface area contributed by atoms with Gasteiger partial charge < -0.3 is 15.2 Å². The average Bonchev–Trinajstić information content (AvgIpc) is 3.01. The third-order valence-corrected chi connectivity index (χ3v) is 3.88. The maximum absolute atomic E-state index is 11.7. The van der Waals surface area contributed by atoms with Crippen molar-refractivity contribution in [1.82, 2.24) is 20.1 Å². The van der Waals surface area contributed by atoms with E-state index in [1.165, 1.54) is 12.0 Å². The van der Waals surface area contributed by atoms with Crippen LogP contribution in [0.15, 0.2) is 18.5 Å². The topological polar surface area (TPSA) is 51.4 Å². The summed E-state index contributed by atoms with van der Waals surface area (Å²) in [7, 11) is 0. The lowest BCUT2D eigenvalue weighted by Gasteiger charge is -2.36. The van der Waals surface area contributed by atoms with E-state index < -0.39 is 0 Å². The summed E-state index contributed by atoms with van der Waals surface area (Å²) >= 11 is 0. The van der Waals surface area contributed by atoms with E-state index in [1.807, 2.05) is 17.3 Å². The van der Waals surface area contributed by atoms with Crippen LogP contribution in [-0.4, -0.2) is 53.0 Å². The standard InChI is InChI=1S/C13H20N4O/c18-13-15-5-7-17(13)12-2-1-6-16(10-12)9-11-3-4-14-8-11/h3-4,8,12,14H,1-2,5-7,9-10H2,(H,15,18). The minimum absolute atomic E-state index is 0.114. The van der Waals surface area contributed by atoms with Gasteiger partial charge in [-0.1, -0.05) is 0 Å². The van der Waals surface area contributed by atoms with Gasteiger partial charge in [-0.25, -0.2) is 4.79 Å². The van der Waals surface area contributed by atoms with Crippen LogP contribution in [0.25, 0.3) is 0 Å². The van der Waals surface area contributed by atoms with E-state index in [1.54, 1.807) is 0 Å². The van der Waals surface area contributed by atoms with Crippen LogP contribution in [-0.2, 0) is 6.54 Å². The molecule has 2 aliphatic heterocycles. The Morgan fingerprint density at radius 3 is 3.06 bits per heavy atom. The number of carbonyl (C=O) groups is 1. The Morgan fingerprint density at radius 2 is 2.33 bits per heavy atom. The first-order valence-electron chi connectivity index (χ1n) is 6.71. The number of amides is 2. The second-order valence-electron chi connectivity index (χ2n) is 5.18. The number of piperidine rings is 1. The van der Waals surface area contributed by atoms with Crippen molar-refractivity contribution >= 4 is 6.03 Å². The van der Waals surface area contributed by atoms with Crippen LogP contribution in [0, 0.1) is 0 Å². The number of carbonyl (C=O) groups excluding carboxylic acids is 1. The van der Waals surface area contributed by atoms with E-state index in [9.17, 15) is 4.79 Å². The van der Waals surface area contributed by atoms with E-state index in [-0.39, 0.29) is 6.03 Å². The summed E-state index contributed by atoms with van der Waals surface area (Å²) in [6.45, 7) is 4.78. The molecule has 98 valence electrons. The average molecular weight is 248 g/mol. The van der Waals surface area contributed by atoms with Crippen molar-refractivity contribution in [2.75, 3.05) is 26.2 Å². The third-order valence-electron chi connectivity index (χ3n) is 3.88. The fourth-order valence-electron chi connectivity index (χ4n) is 2.98. The van der Waals surface area contributed by atoms with Crippen LogP contribution in [0.2, 0.25) is 0 Å². The fourth-order valence-corrected chi connectivity index (χ4v) is 2.98. The quantitative estimate of drug-likeness (QED) is 0.838. The van der Waals surface area contributed by atoms with E-state index in [2.05, 4.69) is 21.3 Å². The van der Waals surface area contributed by atoms with Gasteiger partial charge in [-0.15, -0.1) is 0 Å². The van der Waals surface area contributed by atoms with Crippen LogP contribution in [0.5, 0.6) is 0 Å². The van der Waals surface area contributed by atoms with Crippen LogP contribution >= 0.6 is 0 Å². The predicted molar refractivity (Wildman–Crippen MR) is 69.2 cm³/mol. The summed E-state index contributed by atoms with van der Waals surface area (Å²) in [5.74, 6) is 0. The first-order chi connectivity index (χ1) is 8.83. The van der Waals surface area contributed by atoms with Gasteiger partial charge in [-0.3, -0.25) is 4.90 Å². The van der Waals surface area contributed by atoms with Gasteiger partial charge in [-0.05, 0) is 31.0 Å². The minimum Gasteiger partial charge on any atom is -0.367 e. The van der Waals surface area contributed by atoms with Crippen LogP contribution in [0.1, 0.15) is 18.4 Å². The molecule has 0 saturated carbocycles. The molecular formula is C13H20N4O. The number of aromatic nitrogens is 1. The molecule has 2 amide bonds. The Morgan fingerprint density at radius 1 is 1.39 bits per heavy atom. The molecule has 2 aliphatic rings. The molecule has 0 radical (unpaired) electrons. The first-order valence-corrected chi connectivity index (χ1v) is 6.71. The molecule has 0 bridgehead atoms. The highest BCUT2D eigenvalue weighted by molar-refractivity contribution is 5.76. The third kappa shape index (κ3) is 2.36. The van der Waals surface area contributed by atoms with Gasteiger partial charge >= 0.3 is 6.03 Å². The van der Waals surface area contributed by atoms with Crippen molar-refractivity contribution in [3.8, 4) is 0 Å². The van der Waals surface area contributed by atoms with Gasteiger partial charge in [0.15, 0.2) is 0 Å². The molecule has 1 unspecified atom stereocenters. The van der Waals surface area contributed by atoms with E-state index in [0.717, 1.165) is 39.1 Å². The van der Waals surface area contributed by atoms with Crippen molar-refractivity contribution in [3.63, 3.8) is 0 Å². The first kappa shape index (κ1) is 11.6. The summed E-state index contributed by atoms with van der Waals surface area (Å²) in [5, 5.41) is 2.89. The Hall–Kier alpha value is -1.49. The van der Waals surface area contributed by atoms with Gasteiger partial charge in [0.1, 0.15) is 0 Å². The number of likely N-dealkylation sites (tertiary alicyclic amines) is 1. The summed E-state index contributed by atoms with van der Waals surface area (Å²) in [4.78, 5) is 19.2. The maximum atomic E-state index is 11.7. The molecule has 2 fully saturated rings. The zero-order valence-corrected chi connectivity index (χ0v) is 10.6. The van der Waals surface area contributed by atoms with E-state index >= 15 is 0 Å². The van der Waals surface area contributed by atoms with Crippen molar-refractivity contribution in [2.24, 2.45) is 0 Å². The maximum Gasteiger partial charge on any atom is 0.317 e. The largest absolute Gasteiger partial charge is 0.367 e. The molecule has 3 rings (SSSR count). The molecular weight excluding hydrogens is 228 g/mol. The molecule has 5 heteroatoms. The van der Waals surface area contributed by atoms with Crippen LogP contribution in [0.4, 0.5) is 4.79 Å². The molecule has 2 N–H and O–H groups in total. The zero-order chi connectivity index (χ0) is 12.4. The summed E-state index contributed by atoms with van der Waals surface area (Å²) < 4.78 is 0. The highest BCUT2D eigenvalue weighted by Gasteiger charge is 2.31. The Kier molecular flexibility index (Phi) is 3.23. The molecule has 1 atom stereocenters. The summed E-state index contributed by atoms with van der Waals surface area (Å²) in [6, 6.07) is 2.62. The van der Waals surface area contributed by atoms with Crippen LogP contribution in [0.3, 0.4) is 0 Å².